The molecule has 2 atom stereocenters. The SMILES string of the molecule is Cc1ccc(C(O)c2ccc3c(c2)CCC3NC(=O)C(F)(F)F)c(Sc2ccccc2F)c1. The monoisotopic (exact) mass is 475 g/mol. The largest absolute Gasteiger partial charge is 0.471 e. The van der Waals surface area contributed by atoms with Gasteiger partial charge < -0.3 is 10.4 Å². The highest BCUT2D eigenvalue weighted by molar-refractivity contribution is 7.99. The molecule has 4 rings (SSSR count). The maximum atomic E-state index is 14.2. The molecule has 1 aliphatic rings. The number of nitrogens with one attached hydrogen (secondary N) is 1. The van der Waals surface area contributed by atoms with Crippen LogP contribution in [0.1, 0.15) is 46.4 Å². The Labute approximate surface area is 192 Å². The molecule has 2 unspecified atom stereocenters. The van der Waals surface area contributed by atoms with Crippen LogP contribution in [0.4, 0.5) is 17.6 Å². The van der Waals surface area contributed by atoms with Crippen molar-refractivity contribution in [1.29, 1.82) is 0 Å². The van der Waals surface area contributed by atoms with E-state index in [0.717, 1.165) is 11.1 Å². The van der Waals surface area contributed by atoms with E-state index in [4.69, 9.17) is 0 Å². The molecule has 0 saturated carbocycles. The van der Waals surface area contributed by atoms with Crippen molar-refractivity contribution in [3.63, 3.8) is 0 Å². The van der Waals surface area contributed by atoms with Crippen LogP contribution >= 0.6 is 11.8 Å². The summed E-state index contributed by atoms with van der Waals surface area (Å²) in [6.07, 6.45) is -5.09. The third-order valence-corrected chi connectivity index (χ3v) is 6.77. The number of hydrogen-bond acceptors (Lipinski definition) is 3. The van der Waals surface area contributed by atoms with Gasteiger partial charge in [-0.3, -0.25) is 4.79 Å². The Morgan fingerprint density at radius 2 is 1.85 bits per heavy atom. The van der Waals surface area contributed by atoms with E-state index < -0.39 is 24.2 Å². The van der Waals surface area contributed by atoms with Crippen molar-refractivity contribution in [2.45, 2.75) is 47.9 Å². The van der Waals surface area contributed by atoms with E-state index in [0.29, 0.717) is 39.3 Å². The molecule has 1 amide bonds. The molecule has 2 N–H and O–H groups in total. The standard InChI is InChI=1S/C25H21F4NO2S/c1-14-6-9-18(22(12-14)33-21-5-3-2-4-19(21)26)23(31)16-7-10-17-15(13-16)8-11-20(17)30-24(32)25(27,28)29/h2-7,9-10,12-13,20,23,31H,8,11H2,1H3,(H,30,32). The highest BCUT2D eigenvalue weighted by atomic mass is 32.2. The predicted octanol–water partition coefficient (Wildman–Crippen LogP) is 6.03. The normalized spacial score (nSPS) is 16.4. The van der Waals surface area contributed by atoms with E-state index in [1.165, 1.54) is 17.8 Å². The Kier molecular flexibility index (Phi) is 6.50. The molecule has 0 heterocycles. The minimum Gasteiger partial charge on any atom is -0.384 e. The molecule has 0 aliphatic heterocycles. The zero-order valence-corrected chi connectivity index (χ0v) is 18.4. The number of aliphatic hydroxyl groups is 1. The number of rotatable bonds is 5. The van der Waals surface area contributed by atoms with Crippen molar-refractivity contribution >= 4 is 17.7 Å². The van der Waals surface area contributed by atoms with Crippen molar-refractivity contribution in [1.82, 2.24) is 5.32 Å². The fraction of sp³-hybridized carbons (Fsp3) is 0.240. The van der Waals surface area contributed by atoms with Crippen LogP contribution in [0.2, 0.25) is 0 Å². The van der Waals surface area contributed by atoms with Gasteiger partial charge in [0, 0.05) is 9.79 Å². The van der Waals surface area contributed by atoms with E-state index >= 15 is 0 Å². The zero-order chi connectivity index (χ0) is 23.8. The van der Waals surface area contributed by atoms with Gasteiger partial charge in [0.15, 0.2) is 0 Å². The third-order valence-electron chi connectivity index (χ3n) is 5.64. The Balaban J connectivity index is 1.60. The van der Waals surface area contributed by atoms with Gasteiger partial charge in [0.1, 0.15) is 11.9 Å². The van der Waals surface area contributed by atoms with Gasteiger partial charge in [-0.1, -0.05) is 54.2 Å². The molecule has 1 aliphatic carbocycles. The van der Waals surface area contributed by atoms with Gasteiger partial charge in [-0.2, -0.15) is 13.2 Å². The van der Waals surface area contributed by atoms with Crippen LogP contribution in [-0.2, 0) is 11.2 Å². The lowest BCUT2D eigenvalue weighted by Gasteiger charge is -2.19. The molecule has 0 saturated heterocycles. The lowest BCUT2D eigenvalue weighted by atomic mass is 9.96. The van der Waals surface area contributed by atoms with Crippen LogP contribution in [0.25, 0.3) is 0 Å². The topological polar surface area (TPSA) is 49.3 Å². The van der Waals surface area contributed by atoms with Crippen molar-refractivity contribution in [3.8, 4) is 0 Å². The molecule has 172 valence electrons. The lowest BCUT2D eigenvalue weighted by Crippen LogP contribution is -2.38. The molecule has 0 spiro atoms. The molecule has 3 nitrogen and oxygen atoms in total. The van der Waals surface area contributed by atoms with Gasteiger partial charge in [0.2, 0.25) is 0 Å². The summed E-state index contributed by atoms with van der Waals surface area (Å²) in [6.45, 7) is 1.91. The average molecular weight is 476 g/mol. The quantitative estimate of drug-likeness (QED) is 0.443. The summed E-state index contributed by atoms with van der Waals surface area (Å²) in [5, 5.41) is 13.2. The van der Waals surface area contributed by atoms with Gasteiger partial charge in [0.25, 0.3) is 0 Å². The second kappa shape index (κ2) is 9.19. The summed E-state index contributed by atoms with van der Waals surface area (Å²) in [5.41, 5.74) is 3.55. The highest BCUT2D eigenvalue weighted by Gasteiger charge is 2.40. The van der Waals surface area contributed by atoms with Crippen LogP contribution in [0, 0.1) is 12.7 Å². The number of halogens is 4. The number of aryl methyl sites for hydroxylation is 2. The van der Waals surface area contributed by atoms with Crippen LogP contribution in [0.3, 0.4) is 0 Å². The van der Waals surface area contributed by atoms with Crippen molar-refractivity contribution in [3.05, 3.63) is 94.3 Å². The number of aliphatic hydroxyl groups excluding tert-OH is 1. The molecule has 0 bridgehead atoms. The molecule has 33 heavy (non-hydrogen) atoms. The third kappa shape index (κ3) is 5.07. The minimum atomic E-state index is -4.93. The molecular weight excluding hydrogens is 454 g/mol. The van der Waals surface area contributed by atoms with Crippen LogP contribution in [0.15, 0.2) is 70.5 Å². The van der Waals surface area contributed by atoms with Crippen LogP contribution in [0.5, 0.6) is 0 Å². The average Bonchev–Trinajstić information content (AvgIpc) is 3.16. The second-order valence-corrected chi connectivity index (χ2v) is 9.08. The van der Waals surface area contributed by atoms with Crippen molar-refractivity contribution < 1.29 is 27.5 Å². The van der Waals surface area contributed by atoms with Gasteiger partial charge in [0.05, 0.1) is 6.04 Å². The smallest absolute Gasteiger partial charge is 0.384 e. The fourth-order valence-corrected chi connectivity index (χ4v) is 5.07. The summed E-state index contributed by atoms with van der Waals surface area (Å²) in [5.74, 6) is -2.31. The van der Waals surface area contributed by atoms with E-state index in [1.54, 1.807) is 42.5 Å². The molecule has 8 heteroatoms. The summed E-state index contributed by atoms with van der Waals surface area (Å²) in [6, 6.07) is 16.3. The first-order chi connectivity index (χ1) is 15.6. The van der Waals surface area contributed by atoms with Gasteiger partial charge in [-0.05, 0) is 65.8 Å². The molecule has 0 fully saturated rings. The molecule has 0 radical (unpaired) electrons. The summed E-state index contributed by atoms with van der Waals surface area (Å²) < 4.78 is 52.0. The van der Waals surface area contributed by atoms with E-state index in [1.807, 2.05) is 24.4 Å². The Morgan fingerprint density at radius 3 is 2.58 bits per heavy atom. The predicted molar refractivity (Wildman–Crippen MR) is 117 cm³/mol. The molecular formula is C25H21F4NO2S. The summed E-state index contributed by atoms with van der Waals surface area (Å²) in [4.78, 5) is 12.5. The number of alkyl halides is 3. The fourth-order valence-electron chi connectivity index (χ4n) is 3.98. The highest BCUT2D eigenvalue weighted by Crippen LogP contribution is 2.39. The number of carbonyl (C=O) groups excluding carboxylic acids is 1. The summed E-state index contributed by atoms with van der Waals surface area (Å²) in [7, 11) is 0. The Morgan fingerprint density at radius 1 is 1.09 bits per heavy atom. The van der Waals surface area contributed by atoms with E-state index in [2.05, 4.69) is 0 Å². The Bertz CT molecular complexity index is 1200. The molecule has 3 aromatic rings. The number of amides is 1. The Hall–Kier alpha value is -2.84. The first-order valence-electron chi connectivity index (χ1n) is 10.3. The first kappa shape index (κ1) is 23.3. The number of fused-ring (bicyclic) bond motifs is 1. The van der Waals surface area contributed by atoms with Gasteiger partial charge in [-0.25, -0.2) is 4.39 Å². The number of carbonyl (C=O) groups is 1. The van der Waals surface area contributed by atoms with Gasteiger partial charge in [-0.15, -0.1) is 0 Å². The van der Waals surface area contributed by atoms with Gasteiger partial charge >= 0.3 is 12.1 Å². The number of hydrogen-bond donors (Lipinski definition) is 2. The molecule has 0 aromatic heterocycles. The molecule has 3 aromatic carbocycles. The number of benzene rings is 3. The second-order valence-electron chi connectivity index (χ2n) is 8.00. The van der Waals surface area contributed by atoms with Crippen molar-refractivity contribution in [2.24, 2.45) is 0 Å². The lowest BCUT2D eigenvalue weighted by molar-refractivity contribution is -0.174. The van der Waals surface area contributed by atoms with Crippen LogP contribution < -0.4 is 5.32 Å². The first-order valence-corrected chi connectivity index (χ1v) is 11.2. The van der Waals surface area contributed by atoms with Crippen molar-refractivity contribution in [2.75, 3.05) is 0 Å². The van der Waals surface area contributed by atoms with E-state index in [-0.39, 0.29) is 5.82 Å². The zero-order valence-electron chi connectivity index (χ0n) is 17.6. The van der Waals surface area contributed by atoms with Crippen LogP contribution in [-0.4, -0.2) is 17.2 Å². The minimum absolute atomic E-state index is 0.353. The maximum absolute atomic E-state index is 14.2. The van der Waals surface area contributed by atoms with E-state index in [9.17, 15) is 27.5 Å². The maximum Gasteiger partial charge on any atom is 0.471 e. The summed E-state index contributed by atoms with van der Waals surface area (Å²) >= 11 is 1.22.